The van der Waals surface area contributed by atoms with Crippen molar-refractivity contribution in [2.24, 2.45) is 4.99 Å². The van der Waals surface area contributed by atoms with Gasteiger partial charge in [-0.1, -0.05) is 0 Å². The maximum atomic E-state index is 10.5. The molecule has 1 fully saturated rings. The third-order valence-corrected chi connectivity index (χ3v) is 5.48. The van der Waals surface area contributed by atoms with Crippen molar-refractivity contribution >= 4 is 17.7 Å². The van der Waals surface area contributed by atoms with E-state index in [1.54, 1.807) is 26.4 Å². The van der Waals surface area contributed by atoms with Gasteiger partial charge in [0.15, 0.2) is 5.96 Å². The summed E-state index contributed by atoms with van der Waals surface area (Å²) in [7, 11) is 3.19. The smallest absolute Gasteiger partial charge is 0.191 e. The van der Waals surface area contributed by atoms with E-state index in [-0.39, 0.29) is 6.54 Å². The predicted octanol–water partition coefficient (Wildman–Crippen LogP) is 2.19. The number of nitrogens with one attached hydrogen (secondary N) is 2. The lowest BCUT2D eigenvalue weighted by Crippen LogP contribution is -2.40. The van der Waals surface area contributed by atoms with Crippen LogP contribution in [0.25, 0.3) is 0 Å². The van der Waals surface area contributed by atoms with E-state index in [1.807, 2.05) is 24.8 Å². The van der Waals surface area contributed by atoms with Crippen molar-refractivity contribution in [3.63, 3.8) is 0 Å². The Morgan fingerprint density at radius 1 is 1.36 bits per heavy atom. The molecular formula is C18H29N3O3S. The van der Waals surface area contributed by atoms with Crippen LogP contribution in [0.3, 0.4) is 0 Å². The van der Waals surface area contributed by atoms with Crippen LogP contribution in [-0.2, 0) is 0 Å². The molecule has 0 saturated carbocycles. The van der Waals surface area contributed by atoms with Gasteiger partial charge >= 0.3 is 0 Å². The average Bonchev–Trinajstić information content (AvgIpc) is 3.16. The van der Waals surface area contributed by atoms with Crippen molar-refractivity contribution in [2.75, 3.05) is 39.6 Å². The van der Waals surface area contributed by atoms with Crippen LogP contribution < -0.4 is 20.1 Å². The Bertz CT molecular complexity index is 562. The summed E-state index contributed by atoms with van der Waals surface area (Å²) < 4.78 is 10.6. The minimum Gasteiger partial charge on any atom is -0.497 e. The summed E-state index contributed by atoms with van der Waals surface area (Å²) in [6.45, 7) is 3.96. The largest absolute Gasteiger partial charge is 0.497 e. The molecule has 0 aromatic heterocycles. The zero-order valence-corrected chi connectivity index (χ0v) is 16.1. The molecule has 0 radical (unpaired) electrons. The molecule has 1 aromatic rings. The van der Waals surface area contributed by atoms with E-state index in [1.165, 1.54) is 18.6 Å². The van der Waals surface area contributed by atoms with Gasteiger partial charge in [-0.2, -0.15) is 11.8 Å². The normalized spacial score (nSPS) is 18.7. The van der Waals surface area contributed by atoms with E-state index in [2.05, 4.69) is 15.6 Å². The number of aliphatic hydroxyl groups is 1. The summed E-state index contributed by atoms with van der Waals surface area (Å²) >= 11 is 2.01. The maximum Gasteiger partial charge on any atom is 0.191 e. The topological polar surface area (TPSA) is 75.1 Å². The molecule has 1 heterocycles. The van der Waals surface area contributed by atoms with Gasteiger partial charge in [0.25, 0.3) is 0 Å². The van der Waals surface area contributed by atoms with Crippen LogP contribution in [0.4, 0.5) is 0 Å². The zero-order valence-electron chi connectivity index (χ0n) is 15.2. The summed E-state index contributed by atoms with van der Waals surface area (Å²) in [6, 6.07) is 5.39. The number of aliphatic hydroxyl groups excluding tert-OH is 1. The van der Waals surface area contributed by atoms with Crippen molar-refractivity contribution < 1.29 is 14.6 Å². The number of hydrogen-bond donors (Lipinski definition) is 3. The van der Waals surface area contributed by atoms with Crippen molar-refractivity contribution in [3.05, 3.63) is 23.8 Å². The van der Waals surface area contributed by atoms with Crippen LogP contribution in [0.5, 0.6) is 11.5 Å². The first kappa shape index (κ1) is 19.7. The highest BCUT2D eigenvalue weighted by molar-refractivity contribution is 8.00. The molecule has 2 unspecified atom stereocenters. The number of hydrogen-bond acceptors (Lipinski definition) is 5. The third kappa shape index (κ3) is 6.01. The Kier molecular flexibility index (Phi) is 8.21. The van der Waals surface area contributed by atoms with E-state index in [0.717, 1.165) is 19.0 Å². The van der Waals surface area contributed by atoms with Gasteiger partial charge in [-0.3, -0.25) is 4.99 Å². The second kappa shape index (κ2) is 10.4. The highest BCUT2D eigenvalue weighted by Crippen LogP contribution is 2.29. The fourth-order valence-electron chi connectivity index (χ4n) is 2.73. The van der Waals surface area contributed by atoms with Gasteiger partial charge in [-0.05, 0) is 43.7 Å². The molecule has 1 saturated heterocycles. The molecule has 140 valence electrons. The number of rotatable bonds is 8. The first-order chi connectivity index (χ1) is 12.2. The van der Waals surface area contributed by atoms with Gasteiger partial charge in [0, 0.05) is 23.9 Å². The molecule has 7 heteroatoms. The SMILES string of the molecule is CCNC(=NCC(O)c1cc(OC)ccc1OC)NCC1CCCS1. The fourth-order valence-corrected chi connectivity index (χ4v) is 3.93. The Hall–Kier alpha value is -1.60. The second-order valence-electron chi connectivity index (χ2n) is 5.86. The average molecular weight is 368 g/mol. The van der Waals surface area contributed by atoms with Gasteiger partial charge in [0.05, 0.1) is 20.8 Å². The van der Waals surface area contributed by atoms with Crippen LogP contribution >= 0.6 is 11.8 Å². The number of nitrogens with zero attached hydrogens (tertiary/aromatic N) is 1. The minimum absolute atomic E-state index is 0.247. The molecule has 25 heavy (non-hydrogen) atoms. The Labute approximate surface area is 154 Å². The summed E-state index contributed by atoms with van der Waals surface area (Å²) in [6.07, 6.45) is 1.78. The molecular weight excluding hydrogens is 338 g/mol. The molecule has 1 aliphatic rings. The van der Waals surface area contributed by atoms with Crippen molar-refractivity contribution in [1.82, 2.24) is 10.6 Å². The maximum absolute atomic E-state index is 10.5. The Balaban J connectivity index is 2.00. The summed E-state index contributed by atoms with van der Waals surface area (Å²) in [4.78, 5) is 4.52. The van der Waals surface area contributed by atoms with Crippen LogP contribution in [0.15, 0.2) is 23.2 Å². The second-order valence-corrected chi connectivity index (χ2v) is 7.27. The van der Waals surface area contributed by atoms with Crippen molar-refractivity contribution in [1.29, 1.82) is 0 Å². The Morgan fingerprint density at radius 3 is 2.84 bits per heavy atom. The van der Waals surface area contributed by atoms with Crippen LogP contribution in [0, 0.1) is 0 Å². The predicted molar refractivity (Wildman–Crippen MR) is 104 cm³/mol. The molecule has 1 aliphatic heterocycles. The number of thioether (sulfide) groups is 1. The highest BCUT2D eigenvalue weighted by atomic mass is 32.2. The lowest BCUT2D eigenvalue weighted by Gasteiger charge is -2.17. The molecule has 0 amide bonds. The van der Waals surface area contributed by atoms with Gasteiger partial charge < -0.3 is 25.2 Å². The molecule has 1 aromatic carbocycles. The lowest BCUT2D eigenvalue weighted by atomic mass is 10.1. The quantitative estimate of drug-likeness (QED) is 0.483. The number of aliphatic imine (C=N–C) groups is 1. The van der Waals surface area contributed by atoms with Crippen molar-refractivity contribution in [3.8, 4) is 11.5 Å². The fraction of sp³-hybridized carbons (Fsp3) is 0.611. The number of guanidine groups is 1. The monoisotopic (exact) mass is 367 g/mol. The van der Waals surface area contributed by atoms with E-state index >= 15 is 0 Å². The van der Waals surface area contributed by atoms with Gasteiger partial charge in [-0.15, -0.1) is 0 Å². The van der Waals surface area contributed by atoms with Gasteiger partial charge in [0.1, 0.15) is 17.6 Å². The molecule has 2 rings (SSSR count). The summed E-state index contributed by atoms with van der Waals surface area (Å²) in [5.74, 6) is 3.29. The number of ether oxygens (including phenoxy) is 2. The third-order valence-electron chi connectivity index (χ3n) is 4.08. The van der Waals surface area contributed by atoms with E-state index in [0.29, 0.717) is 22.3 Å². The molecule has 3 N–H and O–H groups in total. The van der Waals surface area contributed by atoms with Crippen LogP contribution in [0.2, 0.25) is 0 Å². The van der Waals surface area contributed by atoms with Crippen molar-refractivity contribution in [2.45, 2.75) is 31.1 Å². The summed E-state index contributed by atoms with van der Waals surface area (Å²) in [5, 5.41) is 17.8. The molecule has 2 atom stereocenters. The van der Waals surface area contributed by atoms with E-state index in [4.69, 9.17) is 9.47 Å². The van der Waals surface area contributed by atoms with Gasteiger partial charge in [-0.25, -0.2) is 0 Å². The lowest BCUT2D eigenvalue weighted by molar-refractivity contribution is 0.182. The first-order valence-corrected chi connectivity index (χ1v) is 9.76. The number of benzene rings is 1. The molecule has 0 spiro atoms. The first-order valence-electron chi connectivity index (χ1n) is 8.71. The minimum atomic E-state index is -0.763. The highest BCUT2D eigenvalue weighted by Gasteiger charge is 2.17. The zero-order chi connectivity index (χ0) is 18.1. The van der Waals surface area contributed by atoms with Gasteiger partial charge in [0.2, 0.25) is 0 Å². The molecule has 0 aliphatic carbocycles. The Morgan fingerprint density at radius 2 is 2.20 bits per heavy atom. The summed E-state index contributed by atoms with van der Waals surface area (Å²) in [5.41, 5.74) is 0.674. The number of methoxy groups -OCH3 is 2. The van der Waals surface area contributed by atoms with E-state index < -0.39 is 6.10 Å². The van der Waals surface area contributed by atoms with Crippen LogP contribution in [-0.4, -0.2) is 55.9 Å². The molecule has 0 bridgehead atoms. The standard InChI is InChI=1S/C18H29N3O3S/c1-4-19-18(20-11-14-6-5-9-25-14)21-12-16(22)15-10-13(23-2)7-8-17(15)24-3/h7-8,10,14,16,22H,4-6,9,11-12H2,1-3H3,(H2,19,20,21). The molecule has 6 nitrogen and oxygen atoms in total. The van der Waals surface area contributed by atoms with E-state index in [9.17, 15) is 5.11 Å². The van der Waals surface area contributed by atoms with Crippen LogP contribution in [0.1, 0.15) is 31.4 Å².